The van der Waals surface area contributed by atoms with Gasteiger partial charge in [0.15, 0.2) is 5.69 Å². The molecule has 2 unspecified atom stereocenters. The maximum Gasteiger partial charge on any atom is 0.360 e. The summed E-state index contributed by atoms with van der Waals surface area (Å²) in [4.78, 5) is 15.4. The number of carbonyl (C=O) groups excluding carboxylic acids is 1. The minimum Gasteiger partial charge on any atom is -0.464 e. The number of aromatic nitrogens is 2. The molecule has 0 amide bonds. The van der Waals surface area contributed by atoms with Gasteiger partial charge < -0.3 is 15.0 Å². The lowest BCUT2D eigenvalue weighted by Crippen LogP contribution is -2.12. The van der Waals surface area contributed by atoms with Crippen LogP contribution < -0.4 is 5.73 Å². The van der Waals surface area contributed by atoms with Crippen molar-refractivity contribution in [1.29, 1.82) is 0 Å². The molecule has 17 heavy (non-hydrogen) atoms. The first-order chi connectivity index (χ1) is 8.11. The van der Waals surface area contributed by atoms with E-state index in [9.17, 15) is 4.79 Å². The highest BCUT2D eigenvalue weighted by Gasteiger charge is 2.23. The number of hydrogen-bond acceptors (Lipinski definition) is 4. The van der Waals surface area contributed by atoms with Gasteiger partial charge in [-0.2, -0.15) is 0 Å². The molecule has 1 aliphatic carbocycles. The lowest BCUT2D eigenvalue weighted by Gasteiger charge is -2.11. The van der Waals surface area contributed by atoms with Crippen LogP contribution in [0.1, 0.15) is 36.7 Å². The van der Waals surface area contributed by atoms with Crippen LogP contribution in [0.5, 0.6) is 0 Å². The maximum atomic E-state index is 11.4. The number of ether oxygens (including phenoxy) is 1. The van der Waals surface area contributed by atoms with Crippen LogP contribution in [0.3, 0.4) is 0 Å². The molecule has 1 aliphatic rings. The fourth-order valence-corrected chi connectivity index (χ4v) is 2.56. The average molecular weight is 237 g/mol. The highest BCUT2D eigenvalue weighted by molar-refractivity contribution is 5.91. The van der Waals surface area contributed by atoms with Gasteiger partial charge in [0.2, 0.25) is 0 Å². The van der Waals surface area contributed by atoms with Gasteiger partial charge in [0, 0.05) is 6.54 Å². The Bertz CT molecular complexity index is 414. The molecule has 0 spiro atoms. The van der Waals surface area contributed by atoms with Gasteiger partial charge in [0.05, 0.1) is 13.4 Å². The Hall–Kier alpha value is -1.52. The molecule has 2 atom stereocenters. The second kappa shape index (κ2) is 4.77. The van der Waals surface area contributed by atoms with Crippen molar-refractivity contribution in [2.75, 3.05) is 12.8 Å². The summed E-state index contributed by atoms with van der Waals surface area (Å²) < 4.78 is 6.48. The lowest BCUT2D eigenvalue weighted by molar-refractivity contribution is 0.0596. The molecule has 1 aromatic heterocycles. The molecule has 0 bridgehead atoms. The Kier molecular flexibility index (Phi) is 3.36. The van der Waals surface area contributed by atoms with Crippen LogP contribution in [0.15, 0.2) is 6.33 Å². The summed E-state index contributed by atoms with van der Waals surface area (Å²) in [6, 6.07) is 0. The molecule has 0 aromatic carbocycles. The van der Waals surface area contributed by atoms with Gasteiger partial charge in [0.1, 0.15) is 5.82 Å². The number of nitrogen functional groups attached to an aromatic ring is 1. The molecule has 5 heteroatoms. The summed E-state index contributed by atoms with van der Waals surface area (Å²) >= 11 is 0. The van der Waals surface area contributed by atoms with E-state index in [4.69, 9.17) is 5.73 Å². The molecule has 0 saturated heterocycles. The molecule has 1 fully saturated rings. The number of nitrogens with two attached hydrogens (primary N) is 1. The molecule has 94 valence electrons. The first-order valence-corrected chi connectivity index (χ1v) is 6.00. The largest absolute Gasteiger partial charge is 0.464 e. The smallest absolute Gasteiger partial charge is 0.360 e. The Morgan fingerprint density at radius 3 is 3.00 bits per heavy atom. The third kappa shape index (κ3) is 2.43. The van der Waals surface area contributed by atoms with Crippen molar-refractivity contribution in [2.24, 2.45) is 11.8 Å². The normalized spacial score (nSPS) is 23.9. The second-order valence-corrected chi connectivity index (χ2v) is 4.91. The van der Waals surface area contributed by atoms with Crippen LogP contribution in [-0.2, 0) is 11.3 Å². The highest BCUT2D eigenvalue weighted by Crippen LogP contribution is 2.32. The zero-order valence-electron chi connectivity index (χ0n) is 10.3. The van der Waals surface area contributed by atoms with Gasteiger partial charge in [-0.05, 0) is 24.7 Å². The van der Waals surface area contributed by atoms with Crippen molar-refractivity contribution in [3.05, 3.63) is 12.0 Å². The average Bonchev–Trinajstić information content (AvgIpc) is 2.87. The minimum absolute atomic E-state index is 0.221. The van der Waals surface area contributed by atoms with E-state index in [1.165, 1.54) is 26.4 Å². The van der Waals surface area contributed by atoms with E-state index in [0.717, 1.165) is 12.5 Å². The van der Waals surface area contributed by atoms with Crippen molar-refractivity contribution >= 4 is 11.8 Å². The summed E-state index contributed by atoms with van der Waals surface area (Å²) in [5.41, 5.74) is 6.11. The Morgan fingerprint density at radius 1 is 1.65 bits per heavy atom. The number of rotatable bonds is 3. The van der Waals surface area contributed by atoms with E-state index >= 15 is 0 Å². The molecule has 2 N–H and O–H groups in total. The third-order valence-electron chi connectivity index (χ3n) is 3.52. The van der Waals surface area contributed by atoms with E-state index in [-0.39, 0.29) is 5.69 Å². The van der Waals surface area contributed by atoms with Gasteiger partial charge in [-0.1, -0.05) is 13.3 Å². The second-order valence-electron chi connectivity index (χ2n) is 4.91. The van der Waals surface area contributed by atoms with Crippen LogP contribution in [0, 0.1) is 11.8 Å². The Labute approximate surface area is 101 Å². The molecule has 0 aliphatic heterocycles. The number of esters is 1. The summed E-state index contributed by atoms with van der Waals surface area (Å²) in [5, 5.41) is 0. The van der Waals surface area contributed by atoms with E-state index in [2.05, 4.69) is 16.6 Å². The topological polar surface area (TPSA) is 70.1 Å². The molecule has 1 heterocycles. The number of imidazole rings is 1. The van der Waals surface area contributed by atoms with Crippen LogP contribution >= 0.6 is 0 Å². The standard InChI is InChI=1S/C12H19N3O2/c1-8-3-4-9(5-8)6-15-7-14-10(11(15)13)12(16)17-2/h7-9H,3-6,13H2,1-2H3. The number of carbonyl (C=O) groups is 1. The number of nitrogens with zero attached hydrogens (tertiary/aromatic N) is 2. The monoisotopic (exact) mass is 237 g/mol. The van der Waals surface area contributed by atoms with Crippen molar-refractivity contribution in [1.82, 2.24) is 9.55 Å². The molecule has 0 radical (unpaired) electrons. The third-order valence-corrected chi connectivity index (χ3v) is 3.52. The molecular formula is C12H19N3O2. The van der Waals surface area contributed by atoms with Crippen LogP contribution in [-0.4, -0.2) is 22.6 Å². The fourth-order valence-electron chi connectivity index (χ4n) is 2.56. The van der Waals surface area contributed by atoms with Crippen LogP contribution in [0.2, 0.25) is 0 Å². The van der Waals surface area contributed by atoms with Crippen molar-refractivity contribution < 1.29 is 9.53 Å². The SMILES string of the molecule is COC(=O)c1ncn(CC2CCC(C)C2)c1N. The van der Waals surface area contributed by atoms with Crippen LogP contribution in [0.25, 0.3) is 0 Å². The maximum absolute atomic E-state index is 11.4. The Morgan fingerprint density at radius 2 is 2.41 bits per heavy atom. The van der Waals surface area contributed by atoms with E-state index in [0.29, 0.717) is 11.7 Å². The first kappa shape index (κ1) is 12.0. The summed E-state index contributed by atoms with van der Waals surface area (Å²) in [7, 11) is 1.33. The van der Waals surface area contributed by atoms with Gasteiger partial charge in [-0.15, -0.1) is 0 Å². The lowest BCUT2D eigenvalue weighted by atomic mass is 10.1. The summed E-state index contributed by atoms with van der Waals surface area (Å²) in [6.45, 7) is 3.12. The van der Waals surface area contributed by atoms with Gasteiger partial charge >= 0.3 is 5.97 Å². The van der Waals surface area contributed by atoms with Crippen LogP contribution in [0.4, 0.5) is 5.82 Å². The highest BCUT2D eigenvalue weighted by atomic mass is 16.5. The molecule has 5 nitrogen and oxygen atoms in total. The number of anilines is 1. The number of hydrogen-bond donors (Lipinski definition) is 1. The molecule has 1 saturated carbocycles. The van der Waals surface area contributed by atoms with Crippen molar-refractivity contribution in [3.8, 4) is 0 Å². The zero-order valence-corrected chi connectivity index (χ0v) is 10.3. The quantitative estimate of drug-likeness (QED) is 0.812. The fraction of sp³-hybridized carbons (Fsp3) is 0.667. The van der Waals surface area contributed by atoms with Gasteiger partial charge in [0.25, 0.3) is 0 Å². The van der Waals surface area contributed by atoms with Gasteiger partial charge in [-0.3, -0.25) is 0 Å². The minimum atomic E-state index is -0.471. The summed E-state index contributed by atoms with van der Waals surface area (Å²) in [5.74, 6) is 1.38. The van der Waals surface area contributed by atoms with E-state index in [1.54, 1.807) is 6.33 Å². The molecular weight excluding hydrogens is 218 g/mol. The van der Waals surface area contributed by atoms with Crippen molar-refractivity contribution in [2.45, 2.75) is 32.7 Å². The predicted molar refractivity (Wildman–Crippen MR) is 64.5 cm³/mol. The van der Waals surface area contributed by atoms with E-state index in [1.807, 2.05) is 4.57 Å². The first-order valence-electron chi connectivity index (χ1n) is 6.00. The zero-order chi connectivity index (χ0) is 12.4. The number of methoxy groups -OCH3 is 1. The van der Waals surface area contributed by atoms with E-state index < -0.39 is 5.97 Å². The van der Waals surface area contributed by atoms with Gasteiger partial charge in [-0.25, -0.2) is 9.78 Å². The molecule has 2 rings (SSSR count). The Balaban J connectivity index is 2.07. The summed E-state index contributed by atoms with van der Waals surface area (Å²) in [6.07, 6.45) is 5.37. The molecule has 1 aromatic rings. The predicted octanol–water partition coefficient (Wildman–Crippen LogP) is 1.69. The van der Waals surface area contributed by atoms with Crippen molar-refractivity contribution in [3.63, 3.8) is 0 Å².